The summed E-state index contributed by atoms with van der Waals surface area (Å²) in [4.78, 5) is 11.2. The van der Waals surface area contributed by atoms with E-state index < -0.39 is 5.97 Å². The van der Waals surface area contributed by atoms with E-state index >= 15 is 0 Å². The number of hydrogen-bond donors (Lipinski definition) is 3. The maximum Gasteiger partial charge on any atom is 0.337 e. The summed E-state index contributed by atoms with van der Waals surface area (Å²) in [5.74, 6) is -1.07. The monoisotopic (exact) mass is 295 g/mol. The van der Waals surface area contributed by atoms with E-state index in [2.05, 4.69) is 15.6 Å². The van der Waals surface area contributed by atoms with Gasteiger partial charge in [-0.05, 0) is 18.6 Å². The zero-order valence-corrected chi connectivity index (χ0v) is 11.3. The van der Waals surface area contributed by atoms with Gasteiger partial charge in [-0.3, -0.25) is 4.68 Å². The number of carboxylic acids is 1. The molecule has 0 fully saturated rings. The molecule has 0 radical (unpaired) electrons. The molecule has 0 atom stereocenters. The number of aryl methyl sites for hydroxylation is 1. The van der Waals surface area contributed by atoms with E-state index in [1.54, 1.807) is 17.1 Å². The number of nitrogens with two attached hydrogens (primary N) is 1. The number of aromatic nitrogens is 3. The fraction of sp³-hybridized carbons (Fsp3) is 0.250. The zero-order valence-electron chi connectivity index (χ0n) is 10.6. The first-order chi connectivity index (χ1) is 9.58. The molecule has 4 N–H and O–H groups in total. The van der Waals surface area contributed by atoms with Crippen LogP contribution in [0.15, 0.2) is 24.5 Å². The van der Waals surface area contributed by atoms with Crippen LogP contribution < -0.4 is 11.1 Å². The second kappa shape index (κ2) is 6.25. The van der Waals surface area contributed by atoms with Gasteiger partial charge in [-0.25, -0.2) is 4.79 Å². The van der Waals surface area contributed by atoms with Crippen molar-refractivity contribution in [3.63, 3.8) is 0 Å². The predicted octanol–water partition coefficient (Wildman–Crippen LogP) is 1.71. The van der Waals surface area contributed by atoms with Crippen LogP contribution in [-0.2, 0) is 6.54 Å². The fourth-order valence-corrected chi connectivity index (χ4v) is 2.08. The Kier molecular flexibility index (Phi) is 4.41. The summed E-state index contributed by atoms with van der Waals surface area (Å²) in [5, 5.41) is 20.0. The van der Waals surface area contributed by atoms with Gasteiger partial charge in [0.05, 0.1) is 22.5 Å². The number of halogens is 1. The number of nitrogens with one attached hydrogen (secondary N) is 1. The van der Waals surface area contributed by atoms with Gasteiger partial charge in [0.2, 0.25) is 0 Å². The summed E-state index contributed by atoms with van der Waals surface area (Å²) in [6.45, 7) is 1.24. The maximum atomic E-state index is 11.2. The van der Waals surface area contributed by atoms with E-state index in [1.165, 1.54) is 12.1 Å². The fourth-order valence-electron chi connectivity index (χ4n) is 1.78. The lowest BCUT2D eigenvalue weighted by molar-refractivity contribution is 0.0698. The van der Waals surface area contributed by atoms with E-state index in [4.69, 9.17) is 22.4 Å². The van der Waals surface area contributed by atoms with Gasteiger partial charge >= 0.3 is 5.97 Å². The highest BCUT2D eigenvalue weighted by molar-refractivity contribution is 6.34. The van der Waals surface area contributed by atoms with Crippen molar-refractivity contribution < 1.29 is 9.90 Å². The molecule has 0 aliphatic heterocycles. The van der Waals surface area contributed by atoms with Crippen molar-refractivity contribution in [3.05, 3.63) is 35.1 Å². The Morgan fingerprint density at radius 2 is 2.30 bits per heavy atom. The van der Waals surface area contributed by atoms with Crippen LogP contribution in [0.5, 0.6) is 0 Å². The van der Waals surface area contributed by atoms with Crippen LogP contribution >= 0.6 is 11.6 Å². The molecule has 0 saturated carbocycles. The highest BCUT2D eigenvalue weighted by atomic mass is 35.5. The lowest BCUT2D eigenvalue weighted by atomic mass is 10.1. The first-order valence-electron chi connectivity index (χ1n) is 5.98. The quantitative estimate of drug-likeness (QED) is 0.553. The number of nitrogen functional groups attached to an aromatic ring is 1. The Hall–Kier alpha value is -2.28. The summed E-state index contributed by atoms with van der Waals surface area (Å²) < 4.78 is 1.70. The number of rotatable bonds is 6. The summed E-state index contributed by atoms with van der Waals surface area (Å²) in [7, 11) is 0. The molecular weight excluding hydrogens is 282 g/mol. The standard InChI is InChI=1S/C12H14ClN5O2/c13-10-7-8(14)6-9(12(19)20)11(10)15-2-1-4-18-5-3-16-17-18/h3,5-7,15H,1-2,4,14H2,(H,19,20). The smallest absolute Gasteiger partial charge is 0.337 e. The number of aromatic carboxylic acids is 1. The van der Waals surface area contributed by atoms with Crippen molar-refractivity contribution in [1.29, 1.82) is 0 Å². The molecule has 0 aliphatic carbocycles. The van der Waals surface area contributed by atoms with Crippen LogP contribution in [0, 0.1) is 0 Å². The molecule has 1 aromatic heterocycles. The minimum Gasteiger partial charge on any atom is -0.478 e. The van der Waals surface area contributed by atoms with Crippen molar-refractivity contribution in [2.75, 3.05) is 17.6 Å². The number of hydrogen-bond acceptors (Lipinski definition) is 5. The van der Waals surface area contributed by atoms with Crippen molar-refractivity contribution in [2.45, 2.75) is 13.0 Å². The van der Waals surface area contributed by atoms with Gasteiger partial charge in [-0.2, -0.15) is 0 Å². The van der Waals surface area contributed by atoms with Crippen molar-refractivity contribution in [2.24, 2.45) is 0 Å². The second-order valence-electron chi connectivity index (χ2n) is 4.18. The molecule has 0 spiro atoms. The van der Waals surface area contributed by atoms with E-state index in [9.17, 15) is 4.79 Å². The Labute approximate surface area is 120 Å². The Morgan fingerprint density at radius 1 is 1.50 bits per heavy atom. The molecule has 20 heavy (non-hydrogen) atoms. The van der Waals surface area contributed by atoms with Gasteiger partial charge in [0.15, 0.2) is 0 Å². The molecule has 0 amide bonds. The van der Waals surface area contributed by atoms with Crippen LogP contribution in [0.1, 0.15) is 16.8 Å². The predicted molar refractivity (Wildman–Crippen MR) is 76.0 cm³/mol. The molecule has 0 bridgehead atoms. The van der Waals surface area contributed by atoms with Crippen LogP contribution in [-0.4, -0.2) is 32.6 Å². The lowest BCUT2D eigenvalue weighted by Crippen LogP contribution is -2.11. The molecule has 1 aromatic carbocycles. The Morgan fingerprint density at radius 3 is 2.95 bits per heavy atom. The normalized spacial score (nSPS) is 10.4. The van der Waals surface area contributed by atoms with Crippen LogP contribution in [0.4, 0.5) is 11.4 Å². The molecule has 8 heteroatoms. The third kappa shape index (κ3) is 3.39. The SMILES string of the molecule is Nc1cc(Cl)c(NCCCn2ccnn2)c(C(=O)O)c1. The number of benzene rings is 1. The summed E-state index contributed by atoms with van der Waals surface area (Å²) in [6.07, 6.45) is 4.12. The third-order valence-corrected chi connectivity index (χ3v) is 2.98. The van der Waals surface area contributed by atoms with Gasteiger partial charge in [-0.15, -0.1) is 5.10 Å². The summed E-state index contributed by atoms with van der Waals surface area (Å²) in [6, 6.07) is 2.90. The maximum absolute atomic E-state index is 11.2. The Bertz CT molecular complexity index is 600. The topological polar surface area (TPSA) is 106 Å². The first kappa shape index (κ1) is 14.1. The van der Waals surface area contributed by atoms with Gasteiger partial charge < -0.3 is 16.2 Å². The first-order valence-corrected chi connectivity index (χ1v) is 6.36. The molecule has 7 nitrogen and oxygen atoms in total. The van der Waals surface area contributed by atoms with Gasteiger partial charge in [-0.1, -0.05) is 16.8 Å². The van der Waals surface area contributed by atoms with Crippen LogP contribution in [0.3, 0.4) is 0 Å². The number of anilines is 2. The largest absolute Gasteiger partial charge is 0.478 e. The number of carbonyl (C=O) groups is 1. The minimum atomic E-state index is -1.07. The highest BCUT2D eigenvalue weighted by Crippen LogP contribution is 2.29. The van der Waals surface area contributed by atoms with Gasteiger partial charge in [0, 0.05) is 25.0 Å². The van der Waals surface area contributed by atoms with Crippen LogP contribution in [0.25, 0.3) is 0 Å². The molecule has 1 heterocycles. The van der Waals surface area contributed by atoms with Gasteiger partial charge in [0.25, 0.3) is 0 Å². The number of carboxylic acid groups (broad SMARTS) is 1. The zero-order chi connectivity index (χ0) is 14.5. The Balaban J connectivity index is 2.00. The molecule has 0 saturated heterocycles. The van der Waals surface area contributed by atoms with E-state index in [1.807, 2.05) is 0 Å². The van der Waals surface area contributed by atoms with Gasteiger partial charge in [0.1, 0.15) is 0 Å². The average Bonchev–Trinajstić information content (AvgIpc) is 2.88. The molecule has 106 valence electrons. The summed E-state index contributed by atoms with van der Waals surface area (Å²) >= 11 is 6.02. The summed E-state index contributed by atoms with van der Waals surface area (Å²) in [5.41, 5.74) is 6.36. The van der Waals surface area contributed by atoms with E-state index in [-0.39, 0.29) is 5.56 Å². The second-order valence-corrected chi connectivity index (χ2v) is 4.58. The van der Waals surface area contributed by atoms with Crippen molar-refractivity contribution in [1.82, 2.24) is 15.0 Å². The third-order valence-electron chi connectivity index (χ3n) is 2.68. The minimum absolute atomic E-state index is 0.0655. The number of nitrogens with zero attached hydrogens (tertiary/aromatic N) is 3. The highest BCUT2D eigenvalue weighted by Gasteiger charge is 2.14. The molecule has 0 unspecified atom stereocenters. The van der Waals surface area contributed by atoms with Crippen molar-refractivity contribution >= 4 is 28.9 Å². The molecular formula is C12H14ClN5O2. The lowest BCUT2D eigenvalue weighted by Gasteiger charge is -2.12. The average molecular weight is 296 g/mol. The molecule has 0 aliphatic rings. The van der Waals surface area contributed by atoms with Crippen LogP contribution in [0.2, 0.25) is 5.02 Å². The molecule has 2 rings (SSSR count). The van der Waals surface area contributed by atoms with E-state index in [0.29, 0.717) is 29.5 Å². The molecule has 2 aromatic rings. The van der Waals surface area contributed by atoms with Crippen molar-refractivity contribution in [3.8, 4) is 0 Å². The van der Waals surface area contributed by atoms with E-state index in [0.717, 1.165) is 6.42 Å².